The fraction of sp³-hybridized carbons (Fsp3) is 0.916. The maximum absolute atomic E-state index is 12.6. The van der Waals surface area contributed by atoms with E-state index in [4.69, 9.17) is 28.4 Å². The third kappa shape index (κ3) is 16.1. The number of esters is 4. The summed E-state index contributed by atoms with van der Waals surface area (Å²) in [4.78, 5) is 59.8. The Labute approximate surface area is 714 Å². The predicted molar refractivity (Wildman–Crippen MR) is 439 cm³/mol. The number of likely N-dealkylation sites (tertiary alicyclic amines) is 4. The minimum atomic E-state index is -0.198. The molecule has 6 saturated heterocycles. The van der Waals surface area contributed by atoms with E-state index in [2.05, 4.69) is 86.5 Å². The number of hydrogen-bond acceptors (Lipinski definition) is 16. The Morgan fingerprint density at radius 1 is 0.383 bits per heavy atom. The quantitative estimate of drug-likeness (QED) is 0.0743. The molecule has 115 heavy (non-hydrogen) atoms. The van der Waals surface area contributed by atoms with Crippen LogP contribution >= 0.6 is 0 Å². The molecule has 18 fully saturated rings. The van der Waals surface area contributed by atoms with Crippen molar-refractivity contribution in [3.05, 3.63) is 25.3 Å². The molecule has 12 aliphatic carbocycles. The molecule has 6 aliphatic heterocycles. The second-order valence-electron chi connectivity index (χ2n) is 43.4. The summed E-state index contributed by atoms with van der Waals surface area (Å²) in [7, 11) is 0. The van der Waals surface area contributed by atoms with Crippen molar-refractivity contribution in [1.29, 1.82) is 0 Å². The van der Waals surface area contributed by atoms with Gasteiger partial charge in [-0.2, -0.15) is 0 Å². The van der Waals surface area contributed by atoms with Gasteiger partial charge in [-0.05, 0) is 273 Å². The van der Waals surface area contributed by atoms with Crippen LogP contribution in [-0.4, -0.2) is 254 Å². The van der Waals surface area contributed by atoms with E-state index >= 15 is 0 Å². The Bertz CT molecular complexity index is 3370. The maximum atomic E-state index is 12.6. The number of quaternary nitrogens is 2. The highest BCUT2D eigenvalue weighted by molar-refractivity contribution is 5.67. The van der Waals surface area contributed by atoms with Crippen LogP contribution in [0.2, 0.25) is 0 Å². The molecule has 18 rings (SSSR count). The number of carbonyl (C=O) groups excluding carboxylic acids is 4. The van der Waals surface area contributed by atoms with Crippen LogP contribution in [-0.2, 0) is 47.6 Å². The number of aliphatic hydroxyl groups is 2. The largest absolute Gasteiger partial charge is 1.00 e. The van der Waals surface area contributed by atoms with E-state index < -0.39 is 0 Å². The first-order chi connectivity index (χ1) is 54.1. The van der Waals surface area contributed by atoms with Crippen LogP contribution in [0.4, 0.5) is 0 Å². The van der Waals surface area contributed by atoms with Crippen molar-refractivity contribution >= 4 is 23.9 Å². The zero-order valence-electron chi connectivity index (χ0n) is 73.1. The number of halogens is 2. The lowest BCUT2D eigenvalue weighted by atomic mass is 9.44. The molecule has 0 radical (unpaired) electrons. The third-order valence-electron chi connectivity index (χ3n) is 38.6. The van der Waals surface area contributed by atoms with E-state index in [0.29, 0.717) is 82.3 Å². The van der Waals surface area contributed by atoms with Crippen LogP contribution in [0.1, 0.15) is 255 Å². The molecular formula is C95H156Br2N6O12. The maximum Gasteiger partial charge on any atom is 0.303 e. The van der Waals surface area contributed by atoms with Crippen molar-refractivity contribution in [3.63, 3.8) is 0 Å². The van der Waals surface area contributed by atoms with Gasteiger partial charge in [0.2, 0.25) is 0 Å². The summed E-state index contributed by atoms with van der Waals surface area (Å²) in [6.45, 7) is 48.3. The molecule has 0 aromatic heterocycles. The number of hydrogen-bond donors (Lipinski definition) is 2. The number of ether oxygens (including phenoxy) is 6. The third-order valence-corrected chi connectivity index (χ3v) is 38.6. The second-order valence-corrected chi connectivity index (χ2v) is 43.4. The number of carbonyl (C=O) groups is 4. The molecule has 12 saturated carbocycles. The highest BCUT2D eigenvalue weighted by Gasteiger charge is 2.72. The Morgan fingerprint density at radius 3 is 1.08 bits per heavy atom. The number of rotatable bonds is 14. The summed E-state index contributed by atoms with van der Waals surface area (Å²) >= 11 is 0. The molecule has 0 aromatic rings. The minimum absolute atomic E-state index is 0. The average molecular weight is 1730 g/mol. The van der Waals surface area contributed by atoms with Crippen molar-refractivity contribution in [3.8, 4) is 0 Å². The fourth-order valence-electron chi connectivity index (χ4n) is 33.4. The van der Waals surface area contributed by atoms with Gasteiger partial charge in [-0.25, -0.2) is 0 Å². The predicted octanol–water partition coefficient (Wildman–Crippen LogP) is 7.86. The first kappa shape index (κ1) is 89.2. The van der Waals surface area contributed by atoms with E-state index in [1.54, 1.807) is 27.7 Å². The van der Waals surface area contributed by atoms with E-state index in [1.807, 2.05) is 0 Å². The van der Waals surface area contributed by atoms with Gasteiger partial charge in [-0.3, -0.25) is 38.8 Å². The number of fused-ring (bicyclic) bond motifs is 15. The average Bonchev–Trinajstić information content (AvgIpc) is 1.59. The molecule has 18 nitrogen and oxygen atoms in total. The number of aliphatic hydroxyl groups excluding tert-OH is 2. The van der Waals surface area contributed by atoms with Gasteiger partial charge in [0, 0.05) is 133 Å². The lowest BCUT2D eigenvalue weighted by Gasteiger charge is -2.62. The normalized spacial score (nSPS) is 47.6. The Hall–Kier alpha value is -2.08. The molecule has 0 amide bonds. The summed E-state index contributed by atoms with van der Waals surface area (Å²) in [5.74, 6) is 7.54. The van der Waals surface area contributed by atoms with Crippen LogP contribution < -0.4 is 34.0 Å². The molecule has 0 bridgehead atoms. The Morgan fingerprint density at radius 2 is 0.704 bits per heavy atom. The molecule has 20 heteroatoms. The molecule has 18 aliphatic rings. The van der Waals surface area contributed by atoms with E-state index in [9.17, 15) is 29.4 Å². The fourth-order valence-corrected chi connectivity index (χ4v) is 33.4. The summed E-state index contributed by atoms with van der Waals surface area (Å²) < 4.78 is 38.5. The monoisotopic (exact) mass is 1730 g/mol. The molecular weight excluding hydrogens is 1580 g/mol. The summed E-state index contributed by atoms with van der Waals surface area (Å²) in [6.07, 6.45) is 38.9. The number of nitrogens with zero attached hydrogens (tertiary/aromatic N) is 6. The molecule has 0 spiro atoms. The standard InChI is InChI=1S/C34H55N2O5.C32H53N2O3.C29H48N2O4.2BrH/c1-6-15-36(16-7-8-17-36)30-21-28-26-10-9-25-20-31(40-23(2)37)29(35-13-18-39-19-14-35)22-34(25,5)27(26)11-12-33(28,4)32(30)41-24(3)38;1-5-16-34(17-8-9-18-34)28-20-26-24-11-10-23-19-29(36)27(33-14-6-7-15-33)21-32(23,4)25(24)12-13-31(26,3)30(28)37-22(2)35;1-19(32)35-27-24(30-10-4-5-11-30)17-23-21-7-6-20-16-26(33)25(31-12-14-34-15-13-31)18-29(20,3)22(21)8-9-28(23,27)2;;/h6,25-32H,1,7-22H2,2-5H3;5,23-30,36H,1,6-21H2,2-4H3;20-27,33H,4-18H2,1-3H3;2*1H/q2*+1;;;/p-2/t25?,26?,27?,28?,29-,30+,31-,32-,33-,34-;23?,24?,25?,26?,27-,28?,29-,30-,31-,32-;20?,21?,22?,23?,24-,25-,26-,27-,28-,29-;;/m000../s1. The highest BCUT2D eigenvalue weighted by atomic mass is 79.9. The van der Waals surface area contributed by atoms with E-state index in [1.165, 1.54) is 187 Å². The summed E-state index contributed by atoms with van der Waals surface area (Å²) in [6, 6.07) is 2.09. The second kappa shape index (κ2) is 35.5. The van der Waals surface area contributed by atoms with Crippen molar-refractivity contribution in [1.82, 2.24) is 19.6 Å². The molecule has 2 N–H and O–H groups in total. The Balaban J connectivity index is 0.000000142. The van der Waals surface area contributed by atoms with Gasteiger partial charge in [0.15, 0.2) is 12.2 Å². The van der Waals surface area contributed by atoms with Crippen molar-refractivity contribution in [2.45, 2.75) is 328 Å². The van der Waals surface area contributed by atoms with E-state index in [-0.39, 0.29) is 128 Å². The van der Waals surface area contributed by atoms with Crippen LogP contribution in [0.15, 0.2) is 25.3 Å². The van der Waals surface area contributed by atoms with Crippen molar-refractivity contribution < 1.29 is 101 Å². The van der Waals surface area contributed by atoms with Crippen LogP contribution in [0.25, 0.3) is 0 Å². The van der Waals surface area contributed by atoms with Crippen molar-refractivity contribution in [2.24, 2.45) is 104 Å². The summed E-state index contributed by atoms with van der Waals surface area (Å²) in [5.41, 5.74) is 1.08. The Kier molecular flexibility index (Phi) is 27.5. The van der Waals surface area contributed by atoms with Crippen LogP contribution in [0.3, 0.4) is 0 Å². The SMILES string of the molecule is C=CC[N+]1(C2CC3C4CCC5C[C@H](O)[C@@H](N6CCCC6)C[C@]5(C)C4CC[C@]3(C)[C@H]2OC(C)=O)CCCC1.C=CC[N+]1([C@@H]2CC3C4CCC5C[C@H](OC(C)=O)[C@@H](N6CCOCC6)C[C@]5(C)C4CC[C@]3(C)[C@H]2OC(C)=O)CCCC1.CC(=O)O[C@H]1[C@@H](N2CCCC2)CC2C3CCC4C[C@H](O)[C@@H](N5CCOCC5)C[C@]4(C)C3CC[C@@]21C.[Br-].[Br-]. The van der Waals surface area contributed by atoms with E-state index in [0.717, 1.165) is 150 Å². The van der Waals surface area contributed by atoms with Crippen LogP contribution in [0.5, 0.6) is 0 Å². The first-order valence-corrected chi connectivity index (χ1v) is 47.2. The topological polar surface area (TPSA) is 177 Å². The van der Waals surface area contributed by atoms with Crippen LogP contribution in [0, 0.1) is 104 Å². The summed E-state index contributed by atoms with van der Waals surface area (Å²) in [5, 5.41) is 22.4. The van der Waals surface area contributed by atoms with Gasteiger partial charge >= 0.3 is 23.9 Å². The lowest BCUT2D eigenvalue weighted by molar-refractivity contribution is -0.937. The lowest BCUT2D eigenvalue weighted by Crippen LogP contribution is -3.00. The molecule has 13 unspecified atom stereocenters. The van der Waals surface area contributed by atoms with Gasteiger partial charge in [-0.1, -0.05) is 54.7 Å². The zero-order valence-corrected chi connectivity index (χ0v) is 76.2. The van der Waals surface area contributed by atoms with Gasteiger partial charge in [0.05, 0.1) is 77.9 Å². The first-order valence-electron chi connectivity index (χ1n) is 47.2. The zero-order chi connectivity index (χ0) is 79.4. The molecule has 0 aromatic carbocycles. The van der Waals surface area contributed by atoms with Gasteiger partial charge in [-0.15, -0.1) is 0 Å². The van der Waals surface area contributed by atoms with Gasteiger partial charge in [0.25, 0.3) is 0 Å². The van der Waals surface area contributed by atoms with Gasteiger partial charge < -0.3 is 81.6 Å². The smallest absolute Gasteiger partial charge is 0.303 e. The van der Waals surface area contributed by atoms with Crippen molar-refractivity contribution in [2.75, 3.05) is 118 Å². The number of morpholine rings is 2. The highest BCUT2D eigenvalue weighted by Crippen LogP contribution is 2.72. The molecule has 30 atom stereocenters. The molecule has 652 valence electrons. The van der Waals surface area contributed by atoms with Gasteiger partial charge in [0.1, 0.15) is 24.3 Å². The minimum Gasteiger partial charge on any atom is -1.00 e. The molecule has 6 heterocycles.